The highest BCUT2D eigenvalue weighted by Gasteiger charge is 2.34. The summed E-state index contributed by atoms with van der Waals surface area (Å²) in [5.41, 5.74) is 6.84. The fourth-order valence-electron chi connectivity index (χ4n) is 3.27. The molecule has 164 valence electrons. The molecule has 1 aliphatic rings. The molecule has 0 spiro atoms. The Kier molecular flexibility index (Phi) is 6.50. The molecule has 0 saturated carbocycles. The summed E-state index contributed by atoms with van der Waals surface area (Å²) in [4.78, 5) is 22.3. The van der Waals surface area contributed by atoms with Crippen molar-refractivity contribution in [2.24, 2.45) is 5.73 Å². The molecule has 2 aromatic rings. The molecule has 1 aliphatic heterocycles. The molecular formula is C21H22N2O7S. The average Bonchev–Trinajstić information content (AvgIpc) is 3.20. The van der Waals surface area contributed by atoms with Gasteiger partial charge in [-0.15, -0.1) is 0 Å². The number of fused-ring (bicyclic) bond motifs is 1. The number of nitrogens with zero attached hydrogens (tertiary/aromatic N) is 1. The van der Waals surface area contributed by atoms with Crippen LogP contribution in [0.1, 0.15) is 11.1 Å². The van der Waals surface area contributed by atoms with Crippen molar-refractivity contribution in [2.45, 2.75) is 11.3 Å². The van der Waals surface area contributed by atoms with Crippen molar-refractivity contribution in [1.82, 2.24) is 0 Å². The molecule has 0 aliphatic carbocycles. The van der Waals surface area contributed by atoms with Crippen molar-refractivity contribution in [3.05, 3.63) is 53.6 Å². The maximum Gasteiger partial charge on any atom is 0.331 e. The van der Waals surface area contributed by atoms with Gasteiger partial charge in [0.15, 0.2) is 18.1 Å². The van der Waals surface area contributed by atoms with E-state index in [0.29, 0.717) is 24.2 Å². The van der Waals surface area contributed by atoms with Crippen LogP contribution < -0.4 is 19.5 Å². The van der Waals surface area contributed by atoms with Gasteiger partial charge in [0, 0.05) is 12.6 Å². The number of esters is 1. The van der Waals surface area contributed by atoms with Gasteiger partial charge in [-0.1, -0.05) is 18.2 Å². The number of ether oxygens (including phenoxy) is 3. The standard InChI is InChI=1S/C21H22N2O7S/c1-28-17-11-14(7-8-20(25)30-13-19(22)24)12-18(21(17)29-2)31(26,27)23-10-9-15-5-3-4-6-16(15)23/h3-8,11-12H,9-10,13H2,1-2H3,(H2,22,24)/b8-7+. The molecule has 0 bridgehead atoms. The normalized spacial score (nSPS) is 13.2. The molecular weight excluding hydrogens is 424 g/mol. The number of methoxy groups -OCH3 is 2. The summed E-state index contributed by atoms with van der Waals surface area (Å²) in [6.07, 6.45) is 3.01. The molecule has 0 radical (unpaired) electrons. The van der Waals surface area contributed by atoms with Gasteiger partial charge in [0.1, 0.15) is 4.90 Å². The molecule has 0 atom stereocenters. The number of amides is 1. The number of sulfonamides is 1. The van der Waals surface area contributed by atoms with Gasteiger partial charge in [-0.05, 0) is 41.8 Å². The van der Waals surface area contributed by atoms with E-state index in [1.807, 2.05) is 12.1 Å². The number of primary amides is 1. The number of carbonyl (C=O) groups excluding carboxylic acids is 2. The summed E-state index contributed by atoms with van der Waals surface area (Å²) in [6.45, 7) is -0.254. The molecule has 0 unspecified atom stereocenters. The average molecular weight is 446 g/mol. The molecule has 2 N–H and O–H groups in total. The van der Waals surface area contributed by atoms with Gasteiger partial charge >= 0.3 is 5.97 Å². The van der Waals surface area contributed by atoms with Crippen molar-refractivity contribution in [1.29, 1.82) is 0 Å². The highest BCUT2D eigenvalue weighted by Crippen LogP contribution is 2.40. The lowest BCUT2D eigenvalue weighted by Gasteiger charge is -2.22. The maximum absolute atomic E-state index is 13.5. The van der Waals surface area contributed by atoms with E-state index in [1.165, 1.54) is 36.7 Å². The minimum absolute atomic E-state index is 0.0559. The first-order valence-electron chi connectivity index (χ1n) is 9.27. The summed E-state index contributed by atoms with van der Waals surface area (Å²) in [5, 5.41) is 0. The third-order valence-electron chi connectivity index (χ3n) is 4.65. The van der Waals surface area contributed by atoms with E-state index in [1.54, 1.807) is 12.1 Å². The first-order valence-corrected chi connectivity index (χ1v) is 10.7. The van der Waals surface area contributed by atoms with Gasteiger partial charge in [-0.25, -0.2) is 13.2 Å². The molecule has 9 nitrogen and oxygen atoms in total. The maximum atomic E-state index is 13.5. The Morgan fingerprint density at radius 2 is 1.90 bits per heavy atom. The summed E-state index contributed by atoms with van der Waals surface area (Å²) < 4.78 is 43.7. The predicted molar refractivity (Wildman–Crippen MR) is 113 cm³/mol. The topological polar surface area (TPSA) is 125 Å². The smallest absolute Gasteiger partial charge is 0.331 e. The second-order valence-electron chi connectivity index (χ2n) is 6.62. The summed E-state index contributed by atoms with van der Waals surface area (Å²) >= 11 is 0. The number of para-hydroxylation sites is 1. The molecule has 10 heteroatoms. The van der Waals surface area contributed by atoms with Gasteiger partial charge < -0.3 is 19.9 Å². The minimum Gasteiger partial charge on any atom is -0.493 e. The van der Waals surface area contributed by atoms with Gasteiger partial charge in [-0.2, -0.15) is 0 Å². The minimum atomic E-state index is -3.99. The van der Waals surface area contributed by atoms with E-state index in [2.05, 4.69) is 4.74 Å². The summed E-state index contributed by atoms with van der Waals surface area (Å²) in [6, 6.07) is 10.2. The fourth-order valence-corrected chi connectivity index (χ4v) is 4.98. The Hall–Kier alpha value is -3.53. The number of anilines is 1. The predicted octanol–water partition coefficient (Wildman–Crippen LogP) is 1.50. The van der Waals surface area contributed by atoms with Crippen LogP contribution in [0, 0.1) is 0 Å². The lowest BCUT2D eigenvalue weighted by atomic mass is 10.2. The van der Waals surface area contributed by atoms with Crippen LogP contribution in [0.3, 0.4) is 0 Å². The quantitative estimate of drug-likeness (QED) is 0.481. The SMILES string of the molecule is COc1cc(/C=C/C(=O)OCC(N)=O)cc(S(=O)(=O)N2CCc3ccccc32)c1OC. The third-order valence-corrected chi connectivity index (χ3v) is 6.47. The lowest BCUT2D eigenvalue weighted by molar-refractivity contribution is -0.142. The fraction of sp³-hybridized carbons (Fsp3) is 0.238. The van der Waals surface area contributed by atoms with Crippen LogP contribution in [-0.2, 0) is 30.8 Å². The Morgan fingerprint density at radius 3 is 2.58 bits per heavy atom. The Balaban J connectivity index is 2.02. The monoisotopic (exact) mass is 446 g/mol. The zero-order chi connectivity index (χ0) is 22.6. The highest BCUT2D eigenvalue weighted by atomic mass is 32.2. The van der Waals surface area contributed by atoms with Crippen molar-refractivity contribution in [3.8, 4) is 11.5 Å². The second-order valence-corrected chi connectivity index (χ2v) is 8.45. The number of hydrogen-bond donors (Lipinski definition) is 1. The Labute approximate surface area is 180 Å². The van der Waals surface area contributed by atoms with Gasteiger partial charge in [-0.3, -0.25) is 9.10 Å². The van der Waals surface area contributed by atoms with Crippen LogP contribution in [0.2, 0.25) is 0 Å². The van der Waals surface area contributed by atoms with Crippen LogP contribution >= 0.6 is 0 Å². The molecule has 2 aromatic carbocycles. The van der Waals surface area contributed by atoms with Crippen LogP contribution in [0.25, 0.3) is 6.08 Å². The summed E-state index contributed by atoms with van der Waals surface area (Å²) in [7, 11) is -1.26. The first kappa shape index (κ1) is 22.2. The molecule has 0 aromatic heterocycles. The van der Waals surface area contributed by atoms with Crippen LogP contribution in [-0.4, -0.2) is 47.7 Å². The van der Waals surface area contributed by atoms with E-state index in [0.717, 1.165) is 11.6 Å². The van der Waals surface area contributed by atoms with E-state index in [-0.39, 0.29) is 16.4 Å². The lowest BCUT2D eigenvalue weighted by Crippen LogP contribution is -2.29. The largest absolute Gasteiger partial charge is 0.493 e. The van der Waals surface area contributed by atoms with E-state index in [9.17, 15) is 18.0 Å². The molecule has 31 heavy (non-hydrogen) atoms. The van der Waals surface area contributed by atoms with E-state index < -0.39 is 28.5 Å². The Bertz CT molecular complexity index is 1140. The van der Waals surface area contributed by atoms with Crippen molar-refractivity contribution in [3.63, 3.8) is 0 Å². The van der Waals surface area contributed by atoms with Crippen LogP contribution in [0.5, 0.6) is 11.5 Å². The first-order chi connectivity index (χ1) is 14.8. The molecule has 3 rings (SSSR count). The zero-order valence-corrected chi connectivity index (χ0v) is 17.8. The number of benzene rings is 2. The number of nitrogens with two attached hydrogens (primary N) is 1. The Morgan fingerprint density at radius 1 is 1.16 bits per heavy atom. The van der Waals surface area contributed by atoms with Crippen molar-refractivity contribution in [2.75, 3.05) is 31.7 Å². The summed E-state index contributed by atoms with van der Waals surface area (Å²) in [5.74, 6) is -1.35. The van der Waals surface area contributed by atoms with Gasteiger partial charge in [0.05, 0.1) is 19.9 Å². The molecule has 1 heterocycles. The van der Waals surface area contributed by atoms with Crippen LogP contribution in [0.4, 0.5) is 5.69 Å². The molecule has 1 amide bonds. The molecule has 0 saturated heterocycles. The van der Waals surface area contributed by atoms with Gasteiger partial charge in [0.25, 0.3) is 15.9 Å². The van der Waals surface area contributed by atoms with Crippen LogP contribution in [0.15, 0.2) is 47.4 Å². The zero-order valence-electron chi connectivity index (χ0n) is 17.0. The second kappa shape index (κ2) is 9.09. The van der Waals surface area contributed by atoms with Crippen molar-refractivity contribution >= 4 is 33.7 Å². The number of rotatable bonds is 8. The third kappa shape index (κ3) is 4.64. The van der Waals surface area contributed by atoms with E-state index >= 15 is 0 Å². The molecule has 0 fully saturated rings. The number of hydrogen-bond acceptors (Lipinski definition) is 7. The number of carbonyl (C=O) groups is 2. The van der Waals surface area contributed by atoms with Gasteiger partial charge in [0.2, 0.25) is 0 Å². The highest BCUT2D eigenvalue weighted by molar-refractivity contribution is 7.93. The van der Waals surface area contributed by atoms with E-state index in [4.69, 9.17) is 15.2 Å². The van der Waals surface area contributed by atoms with Crippen molar-refractivity contribution < 1.29 is 32.2 Å².